The number of fused-ring (bicyclic) bond motifs is 2. The van der Waals surface area contributed by atoms with Crippen molar-refractivity contribution in [1.29, 1.82) is 0 Å². The zero-order chi connectivity index (χ0) is 21.8. The van der Waals surface area contributed by atoms with E-state index in [1.807, 2.05) is 6.20 Å². The lowest BCUT2D eigenvalue weighted by molar-refractivity contribution is -0.0712. The van der Waals surface area contributed by atoms with Crippen LogP contribution in [0, 0.1) is 6.92 Å². The van der Waals surface area contributed by atoms with E-state index in [0.29, 0.717) is 17.9 Å². The fourth-order valence-electron chi connectivity index (χ4n) is 5.49. The minimum absolute atomic E-state index is 0.402. The van der Waals surface area contributed by atoms with Gasteiger partial charge in [0.15, 0.2) is 5.65 Å². The van der Waals surface area contributed by atoms with E-state index in [4.69, 9.17) is 4.74 Å². The first-order valence-electron chi connectivity index (χ1n) is 11.7. The van der Waals surface area contributed by atoms with Crippen LogP contribution in [0.25, 0.3) is 27.8 Å². The number of ether oxygens (including phenoxy) is 1. The van der Waals surface area contributed by atoms with Gasteiger partial charge in [0, 0.05) is 22.7 Å². The van der Waals surface area contributed by atoms with Gasteiger partial charge in [0.25, 0.3) is 0 Å². The molecule has 2 fully saturated rings. The number of hydrogen-bond acceptors (Lipinski definition) is 5. The second-order valence-corrected chi connectivity index (χ2v) is 9.73. The Hall–Kier alpha value is -2.77. The van der Waals surface area contributed by atoms with Crippen molar-refractivity contribution in [3.8, 4) is 11.3 Å². The fourth-order valence-corrected chi connectivity index (χ4v) is 5.49. The summed E-state index contributed by atoms with van der Waals surface area (Å²) in [6, 6.07) is 9.88. The molecule has 1 aromatic carbocycles. The first kappa shape index (κ1) is 19.9. The SMILES string of the molecule is Cc1cc(-c2[nH]c3ccc(C4CCN(C5COC5)CC4)cc3c2C(C)C)cn2nnnc12. The smallest absolute Gasteiger partial charge is 0.182 e. The van der Waals surface area contributed by atoms with Gasteiger partial charge in [0.05, 0.1) is 24.9 Å². The van der Waals surface area contributed by atoms with Gasteiger partial charge in [0.1, 0.15) is 0 Å². The number of H-pyrrole nitrogens is 1. The van der Waals surface area contributed by atoms with E-state index in [9.17, 15) is 0 Å². The van der Waals surface area contributed by atoms with Crippen LogP contribution in [0.3, 0.4) is 0 Å². The van der Waals surface area contributed by atoms with Crippen LogP contribution in [0.2, 0.25) is 0 Å². The summed E-state index contributed by atoms with van der Waals surface area (Å²) >= 11 is 0. The number of aromatic amines is 1. The highest BCUT2D eigenvalue weighted by atomic mass is 16.5. The summed E-state index contributed by atoms with van der Waals surface area (Å²) < 4.78 is 7.16. The molecule has 2 aliphatic rings. The molecule has 0 spiro atoms. The number of likely N-dealkylation sites (tertiary alicyclic amines) is 1. The van der Waals surface area contributed by atoms with Crippen molar-refractivity contribution in [1.82, 2.24) is 29.9 Å². The number of tetrazole rings is 1. The van der Waals surface area contributed by atoms with E-state index in [-0.39, 0.29) is 0 Å². The quantitative estimate of drug-likeness (QED) is 0.523. The van der Waals surface area contributed by atoms with Crippen LogP contribution in [-0.2, 0) is 4.74 Å². The molecule has 32 heavy (non-hydrogen) atoms. The van der Waals surface area contributed by atoms with Gasteiger partial charge in [-0.25, -0.2) is 0 Å². The number of hydrogen-bond donors (Lipinski definition) is 1. The highest BCUT2D eigenvalue weighted by Crippen LogP contribution is 2.38. The lowest BCUT2D eigenvalue weighted by atomic mass is 9.87. The molecular weight excluding hydrogens is 400 g/mol. The van der Waals surface area contributed by atoms with Crippen LogP contribution in [-0.4, -0.2) is 62.3 Å². The van der Waals surface area contributed by atoms with Crippen molar-refractivity contribution in [2.24, 2.45) is 0 Å². The number of pyridine rings is 1. The molecule has 7 nitrogen and oxygen atoms in total. The largest absolute Gasteiger partial charge is 0.378 e. The fraction of sp³-hybridized carbons (Fsp3) is 0.480. The summed E-state index contributed by atoms with van der Waals surface area (Å²) in [5.74, 6) is 1.04. The maximum Gasteiger partial charge on any atom is 0.182 e. The van der Waals surface area contributed by atoms with Crippen molar-refractivity contribution in [2.45, 2.75) is 51.5 Å². The second kappa shape index (κ2) is 7.67. The third-order valence-electron chi connectivity index (χ3n) is 7.35. The maximum atomic E-state index is 5.39. The van der Waals surface area contributed by atoms with Crippen LogP contribution in [0.15, 0.2) is 30.5 Å². The minimum atomic E-state index is 0.402. The standard InChI is InChI=1S/C25H30N6O/c1-15(2)23-21-11-18(17-6-8-30(9-7-17)20-13-32-14-20)4-5-22(21)26-24(23)19-10-16(3)25-27-28-29-31(25)12-19/h4-5,10-12,15,17,20,26H,6-9,13-14H2,1-3H3. The lowest BCUT2D eigenvalue weighted by Crippen LogP contribution is -2.51. The molecule has 0 saturated carbocycles. The minimum Gasteiger partial charge on any atom is -0.378 e. The zero-order valence-corrected chi connectivity index (χ0v) is 19.0. The molecule has 2 saturated heterocycles. The summed E-state index contributed by atoms with van der Waals surface area (Å²) in [6.07, 6.45) is 4.48. The number of nitrogens with one attached hydrogen (secondary N) is 1. The van der Waals surface area contributed by atoms with E-state index < -0.39 is 0 Å². The highest BCUT2D eigenvalue weighted by Gasteiger charge is 2.30. The zero-order valence-electron chi connectivity index (χ0n) is 19.0. The number of nitrogens with zero attached hydrogens (tertiary/aromatic N) is 5. The van der Waals surface area contributed by atoms with Gasteiger partial charge in [0.2, 0.25) is 0 Å². The molecule has 1 N–H and O–H groups in total. The second-order valence-electron chi connectivity index (χ2n) is 9.73. The van der Waals surface area contributed by atoms with Crippen molar-refractivity contribution >= 4 is 16.6 Å². The van der Waals surface area contributed by atoms with E-state index in [1.165, 1.54) is 53.7 Å². The topological polar surface area (TPSA) is 71.3 Å². The van der Waals surface area contributed by atoms with Crippen molar-refractivity contribution < 1.29 is 4.74 Å². The average molecular weight is 431 g/mol. The number of aryl methyl sites for hydroxylation is 1. The van der Waals surface area contributed by atoms with Crippen LogP contribution in [0.5, 0.6) is 0 Å². The number of benzene rings is 1. The molecule has 0 amide bonds. The molecule has 0 aliphatic carbocycles. The van der Waals surface area contributed by atoms with Crippen molar-refractivity contribution in [2.75, 3.05) is 26.3 Å². The molecule has 0 bridgehead atoms. The van der Waals surface area contributed by atoms with Gasteiger partial charge in [-0.05, 0) is 90.0 Å². The number of rotatable bonds is 4. The number of piperidine rings is 1. The Bertz CT molecular complexity index is 1280. The lowest BCUT2D eigenvalue weighted by Gasteiger charge is -2.41. The van der Waals surface area contributed by atoms with Crippen LogP contribution in [0.4, 0.5) is 0 Å². The Morgan fingerprint density at radius 1 is 1.12 bits per heavy atom. The van der Waals surface area contributed by atoms with Gasteiger partial charge in [-0.15, -0.1) is 5.10 Å². The molecular formula is C25H30N6O. The van der Waals surface area contributed by atoms with Gasteiger partial charge >= 0.3 is 0 Å². The van der Waals surface area contributed by atoms with E-state index in [2.05, 4.69) is 70.4 Å². The number of aromatic nitrogens is 5. The average Bonchev–Trinajstić information content (AvgIpc) is 3.37. The van der Waals surface area contributed by atoms with E-state index in [1.54, 1.807) is 4.52 Å². The molecule has 0 unspecified atom stereocenters. The molecule has 2 aliphatic heterocycles. The highest BCUT2D eigenvalue weighted by molar-refractivity contribution is 5.92. The van der Waals surface area contributed by atoms with Gasteiger partial charge < -0.3 is 9.72 Å². The predicted molar refractivity (Wildman–Crippen MR) is 125 cm³/mol. The summed E-state index contributed by atoms with van der Waals surface area (Å²) in [6.45, 7) is 10.8. The molecule has 5 heterocycles. The normalized spacial score (nSPS) is 18.8. The first-order valence-corrected chi connectivity index (χ1v) is 11.7. The predicted octanol–water partition coefficient (Wildman–Crippen LogP) is 4.28. The molecule has 4 aromatic rings. The van der Waals surface area contributed by atoms with E-state index in [0.717, 1.165) is 30.0 Å². The monoisotopic (exact) mass is 430 g/mol. The molecule has 0 atom stereocenters. The molecule has 166 valence electrons. The summed E-state index contributed by atoms with van der Waals surface area (Å²) in [5, 5.41) is 13.4. The van der Waals surface area contributed by atoms with Crippen LogP contribution >= 0.6 is 0 Å². The molecule has 3 aromatic heterocycles. The van der Waals surface area contributed by atoms with Crippen LogP contribution < -0.4 is 0 Å². The van der Waals surface area contributed by atoms with Crippen LogP contribution in [0.1, 0.15) is 55.2 Å². The van der Waals surface area contributed by atoms with Gasteiger partial charge in [-0.2, -0.15) is 4.52 Å². The van der Waals surface area contributed by atoms with Gasteiger partial charge in [-0.3, -0.25) is 4.90 Å². The Morgan fingerprint density at radius 3 is 2.66 bits per heavy atom. The Balaban J connectivity index is 1.37. The third kappa shape index (κ3) is 3.22. The Labute approximate surface area is 187 Å². The van der Waals surface area contributed by atoms with Crippen molar-refractivity contribution in [3.63, 3.8) is 0 Å². The third-order valence-corrected chi connectivity index (χ3v) is 7.35. The van der Waals surface area contributed by atoms with Gasteiger partial charge in [-0.1, -0.05) is 19.9 Å². The van der Waals surface area contributed by atoms with E-state index >= 15 is 0 Å². The summed E-state index contributed by atoms with van der Waals surface area (Å²) in [5.41, 5.74) is 8.22. The maximum absolute atomic E-state index is 5.39. The van der Waals surface area contributed by atoms with Crippen molar-refractivity contribution in [3.05, 3.63) is 47.2 Å². The molecule has 0 radical (unpaired) electrons. The first-order chi connectivity index (χ1) is 15.6. The Morgan fingerprint density at radius 2 is 1.94 bits per heavy atom. The Kier molecular flexibility index (Phi) is 4.77. The summed E-state index contributed by atoms with van der Waals surface area (Å²) in [4.78, 5) is 6.32. The summed E-state index contributed by atoms with van der Waals surface area (Å²) in [7, 11) is 0. The molecule has 6 rings (SSSR count). The molecule has 7 heteroatoms.